The largest absolute Gasteiger partial charge is 0.453 e. The monoisotopic (exact) mass is 237 g/mol. The molecule has 0 spiro atoms. The Bertz CT molecular complexity index is 330. The summed E-state index contributed by atoms with van der Waals surface area (Å²) in [5.41, 5.74) is 1.03. The van der Waals surface area contributed by atoms with Gasteiger partial charge in [-0.3, -0.25) is 9.88 Å². The van der Waals surface area contributed by atoms with Crippen molar-refractivity contribution in [1.29, 1.82) is 0 Å². The fourth-order valence-corrected chi connectivity index (χ4v) is 1.46. The Labute approximate surface area is 102 Å². The van der Waals surface area contributed by atoms with Crippen molar-refractivity contribution in [1.82, 2.24) is 15.2 Å². The van der Waals surface area contributed by atoms with Crippen molar-refractivity contribution in [2.75, 3.05) is 26.7 Å². The number of nitrogens with zero attached hydrogens (tertiary/aromatic N) is 2. The first-order chi connectivity index (χ1) is 8.26. The van der Waals surface area contributed by atoms with E-state index in [4.69, 9.17) is 0 Å². The van der Waals surface area contributed by atoms with E-state index in [0.29, 0.717) is 6.54 Å². The van der Waals surface area contributed by atoms with Gasteiger partial charge in [0.05, 0.1) is 12.8 Å². The van der Waals surface area contributed by atoms with Gasteiger partial charge in [-0.25, -0.2) is 4.79 Å². The average molecular weight is 237 g/mol. The number of alkyl carbamates (subject to hydrolysis) is 1. The molecule has 0 saturated carbocycles. The standard InChI is InChI=1S/C12H19N3O2/c1-3-15(9-8-14-12(16)17-2)10-11-6-4-5-7-13-11/h4-7H,3,8-10H2,1-2H3,(H,14,16). The molecular weight excluding hydrogens is 218 g/mol. The summed E-state index contributed by atoms with van der Waals surface area (Å²) in [7, 11) is 1.36. The molecular formula is C12H19N3O2. The Morgan fingerprint density at radius 1 is 1.53 bits per heavy atom. The van der Waals surface area contributed by atoms with Gasteiger partial charge in [0, 0.05) is 25.8 Å². The molecule has 0 unspecified atom stereocenters. The summed E-state index contributed by atoms with van der Waals surface area (Å²) >= 11 is 0. The van der Waals surface area contributed by atoms with E-state index in [1.165, 1.54) is 7.11 Å². The Morgan fingerprint density at radius 2 is 2.35 bits per heavy atom. The summed E-state index contributed by atoms with van der Waals surface area (Å²) in [6.07, 6.45) is 1.40. The summed E-state index contributed by atoms with van der Waals surface area (Å²) in [6, 6.07) is 5.87. The van der Waals surface area contributed by atoms with Crippen LogP contribution in [-0.2, 0) is 11.3 Å². The molecule has 1 rings (SSSR count). The molecule has 1 aromatic rings. The summed E-state index contributed by atoms with van der Waals surface area (Å²) in [5.74, 6) is 0. The van der Waals surface area contributed by atoms with Crippen molar-refractivity contribution in [3.8, 4) is 0 Å². The van der Waals surface area contributed by atoms with Gasteiger partial charge in [-0.1, -0.05) is 13.0 Å². The van der Waals surface area contributed by atoms with E-state index in [-0.39, 0.29) is 6.09 Å². The highest BCUT2D eigenvalue weighted by molar-refractivity contribution is 5.66. The third kappa shape index (κ3) is 5.31. The highest BCUT2D eigenvalue weighted by atomic mass is 16.5. The second-order valence-corrected chi connectivity index (χ2v) is 3.61. The van der Waals surface area contributed by atoms with Crippen LogP contribution in [0, 0.1) is 0 Å². The molecule has 0 radical (unpaired) electrons. The number of amides is 1. The van der Waals surface area contributed by atoms with Gasteiger partial charge in [-0.2, -0.15) is 0 Å². The molecule has 94 valence electrons. The molecule has 1 aromatic heterocycles. The SMILES string of the molecule is CCN(CCNC(=O)OC)Cc1ccccn1. The molecule has 0 saturated heterocycles. The van der Waals surface area contributed by atoms with E-state index >= 15 is 0 Å². The fourth-order valence-electron chi connectivity index (χ4n) is 1.46. The smallest absolute Gasteiger partial charge is 0.406 e. The first kappa shape index (κ1) is 13.4. The van der Waals surface area contributed by atoms with E-state index < -0.39 is 0 Å². The van der Waals surface area contributed by atoms with Crippen LogP contribution in [0.15, 0.2) is 24.4 Å². The maximum Gasteiger partial charge on any atom is 0.406 e. The second-order valence-electron chi connectivity index (χ2n) is 3.61. The van der Waals surface area contributed by atoms with Crippen LogP contribution in [0.4, 0.5) is 4.79 Å². The van der Waals surface area contributed by atoms with Crippen LogP contribution in [0.2, 0.25) is 0 Å². The van der Waals surface area contributed by atoms with Gasteiger partial charge in [-0.15, -0.1) is 0 Å². The minimum atomic E-state index is -0.390. The minimum absolute atomic E-state index is 0.390. The number of hydrogen-bond donors (Lipinski definition) is 1. The van der Waals surface area contributed by atoms with Crippen LogP contribution in [-0.4, -0.2) is 42.7 Å². The summed E-state index contributed by atoms with van der Waals surface area (Å²) in [5, 5.41) is 2.66. The predicted molar refractivity (Wildman–Crippen MR) is 65.6 cm³/mol. The van der Waals surface area contributed by atoms with Crippen LogP contribution in [0.5, 0.6) is 0 Å². The van der Waals surface area contributed by atoms with Crippen LogP contribution < -0.4 is 5.32 Å². The van der Waals surface area contributed by atoms with Crippen molar-refractivity contribution in [2.24, 2.45) is 0 Å². The number of aromatic nitrogens is 1. The normalized spacial score (nSPS) is 10.3. The zero-order chi connectivity index (χ0) is 12.5. The van der Waals surface area contributed by atoms with Gasteiger partial charge in [-0.05, 0) is 18.7 Å². The second kappa shape index (κ2) is 7.62. The molecule has 1 amide bonds. The van der Waals surface area contributed by atoms with Gasteiger partial charge >= 0.3 is 6.09 Å². The first-order valence-electron chi connectivity index (χ1n) is 5.70. The van der Waals surface area contributed by atoms with Crippen LogP contribution in [0.25, 0.3) is 0 Å². The molecule has 17 heavy (non-hydrogen) atoms. The van der Waals surface area contributed by atoms with Gasteiger partial charge < -0.3 is 10.1 Å². The third-order valence-electron chi connectivity index (χ3n) is 2.44. The van der Waals surface area contributed by atoms with Gasteiger partial charge in [0.25, 0.3) is 0 Å². The number of methoxy groups -OCH3 is 1. The van der Waals surface area contributed by atoms with Crippen molar-refractivity contribution >= 4 is 6.09 Å². The lowest BCUT2D eigenvalue weighted by Gasteiger charge is -2.19. The van der Waals surface area contributed by atoms with Gasteiger partial charge in [0.1, 0.15) is 0 Å². The summed E-state index contributed by atoms with van der Waals surface area (Å²) in [6.45, 7) is 5.15. The van der Waals surface area contributed by atoms with Gasteiger partial charge in [0.15, 0.2) is 0 Å². The molecule has 0 bridgehead atoms. The van der Waals surface area contributed by atoms with E-state index in [2.05, 4.69) is 26.9 Å². The molecule has 0 aliphatic carbocycles. The van der Waals surface area contributed by atoms with Crippen molar-refractivity contribution in [3.05, 3.63) is 30.1 Å². The molecule has 1 heterocycles. The quantitative estimate of drug-likeness (QED) is 0.809. The minimum Gasteiger partial charge on any atom is -0.453 e. The molecule has 5 heteroatoms. The van der Waals surface area contributed by atoms with Crippen LogP contribution in [0.3, 0.4) is 0 Å². The summed E-state index contributed by atoms with van der Waals surface area (Å²) < 4.78 is 4.50. The topological polar surface area (TPSA) is 54.5 Å². The lowest BCUT2D eigenvalue weighted by molar-refractivity contribution is 0.168. The predicted octanol–water partition coefficient (Wildman–Crippen LogP) is 1.26. The maximum absolute atomic E-state index is 10.9. The van der Waals surface area contributed by atoms with Crippen LogP contribution in [0.1, 0.15) is 12.6 Å². The molecule has 1 N–H and O–H groups in total. The number of carbonyl (C=O) groups is 1. The number of carbonyl (C=O) groups excluding carboxylic acids is 1. The Balaban J connectivity index is 2.31. The number of likely N-dealkylation sites (N-methyl/N-ethyl adjacent to an activating group) is 1. The van der Waals surface area contributed by atoms with Crippen LogP contribution >= 0.6 is 0 Å². The number of nitrogens with one attached hydrogen (secondary N) is 1. The molecule has 0 atom stereocenters. The average Bonchev–Trinajstić information content (AvgIpc) is 2.38. The first-order valence-corrected chi connectivity index (χ1v) is 5.70. The van der Waals surface area contributed by atoms with E-state index in [0.717, 1.165) is 25.3 Å². The lowest BCUT2D eigenvalue weighted by Crippen LogP contribution is -2.34. The highest BCUT2D eigenvalue weighted by Crippen LogP contribution is 1.99. The van der Waals surface area contributed by atoms with E-state index in [9.17, 15) is 4.79 Å². The fraction of sp³-hybridized carbons (Fsp3) is 0.500. The van der Waals surface area contributed by atoms with Crippen molar-refractivity contribution in [2.45, 2.75) is 13.5 Å². The zero-order valence-corrected chi connectivity index (χ0v) is 10.3. The number of rotatable bonds is 6. The zero-order valence-electron chi connectivity index (χ0n) is 10.3. The Morgan fingerprint density at radius 3 is 2.94 bits per heavy atom. The van der Waals surface area contributed by atoms with E-state index in [1.54, 1.807) is 6.20 Å². The third-order valence-corrected chi connectivity index (χ3v) is 2.44. The Hall–Kier alpha value is -1.62. The lowest BCUT2D eigenvalue weighted by atomic mass is 10.3. The molecule has 0 aromatic carbocycles. The molecule has 0 fully saturated rings. The number of hydrogen-bond acceptors (Lipinski definition) is 4. The number of ether oxygens (including phenoxy) is 1. The molecule has 0 aliphatic rings. The molecule has 0 aliphatic heterocycles. The highest BCUT2D eigenvalue weighted by Gasteiger charge is 2.05. The summed E-state index contributed by atoms with van der Waals surface area (Å²) in [4.78, 5) is 17.4. The van der Waals surface area contributed by atoms with Crippen molar-refractivity contribution < 1.29 is 9.53 Å². The van der Waals surface area contributed by atoms with E-state index in [1.807, 2.05) is 18.2 Å². The number of pyridine rings is 1. The maximum atomic E-state index is 10.9. The van der Waals surface area contributed by atoms with Crippen molar-refractivity contribution in [3.63, 3.8) is 0 Å². The molecule has 5 nitrogen and oxygen atoms in total. The Kier molecular flexibility index (Phi) is 6.03. The van der Waals surface area contributed by atoms with Gasteiger partial charge in [0.2, 0.25) is 0 Å².